The smallest absolute Gasteiger partial charge is 0.214 e. The fourth-order valence-corrected chi connectivity index (χ4v) is 3.84. The molecule has 2 heterocycles. The molecule has 0 saturated carbocycles. The van der Waals surface area contributed by atoms with Crippen molar-refractivity contribution in [3.63, 3.8) is 0 Å². The fraction of sp³-hybridized carbons (Fsp3) is 0.444. The Morgan fingerprint density at radius 2 is 1.83 bits per heavy atom. The molecule has 0 aliphatic carbocycles. The summed E-state index contributed by atoms with van der Waals surface area (Å²) in [4.78, 5) is 0. The van der Waals surface area contributed by atoms with E-state index in [0.29, 0.717) is 5.56 Å². The molecule has 1 N–H and O–H groups in total. The maximum Gasteiger partial charge on any atom is 0.214 e. The average molecular weight is 320 g/mol. The van der Waals surface area contributed by atoms with E-state index in [9.17, 15) is 15.8 Å². The van der Waals surface area contributed by atoms with Crippen LogP contribution >= 0.6 is 0 Å². The summed E-state index contributed by atoms with van der Waals surface area (Å²) in [5.41, 5.74) is -1.99. The zero-order valence-electron chi connectivity index (χ0n) is 13.6. The van der Waals surface area contributed by atoms with Crippen LogP contribution in [-0.4, -0.2) is 11.7 Å². The van der Waals surface area contributed by atoms with Gasteiger partial charge in [0.05, 0.1) is 24.1 Å². The molecule has 24 heavy (non-hydrogen) atoms. The van der Waals surface area contributed by atoms with Crippen LogP contribution in [0, 0.1) is 63.1 Å². The molecule has 1 aromatic carbocycles. The third kappa shape index (κ3) is 1.58. The van der Waals surface area contributed by atoms with E-state index in [1.165, 1.54) is 0 Å². The van der Waals surface area contributed by atoms with Crippen LogP contribution < -0.4 is 0 Å². The molecule has 2 bridgehead atoms. The molecule has 2 fully saturated rings. The lowest BCUT2D eigenvalue weighted by Gasteiger charge is -2.47. The van der Waals surface area contributed by atoms with Gasteiger partial charge in [-0.15, -0.1) is 0 Å². The second-order valence-electron chi connectivity index (χ2n) is 6.53. The molecule has 2 aliphatic heterocycles. The summed E-state index contributed by atoms with van der Waals surface area (Å²) < 4.78 is 11.6. The predicted molar refractivity (Wildman–Crippen MR) is 83.1 cm³/mol. The van der Waals surface area contributed by atoms with Crippen molar-refractivity contribution in [2.45, 2.75) is 32.7 Å². The second-order valence-corrected chi connectivity index (χ2v) is 6.53. The molecule has 2 aliphatic rings. The van der Waals surface area contributed by atoms with Crippen LogP contribution in [0.25, 0.3) is 0 Å². The summed E-state index contributed by atoms with van der Waals surface area (Å²) in [6.45, 7) is 5.22. The summed E-state index contributed by atoms with van der Waals surface area (Å²) in [5, 5.41) is 38.0. The maximum atomic E-state index is 9.92. The molecular formula is C18H16N4O2. The fourth-order valence-electron chi connectivity index (χ4n) is 3.84. The first-order valence-electron chi connectivity index (χ1n) is 7.57. The highest BCUT2D eigenvalue weighted by Gasteiger charge is 2.78. The molecule has 0 aromatic heterocycles. The van der Waals surface area contributed by atoms with Crippen molar-refractivity contribution in [2.24, 2.45) is 16.7 Å². The van der Waals surface area contributed by atoms with Gasteiger partial charge in [-0.1, -0.05) is 36.8 Å². The highest BCUT2D eigenvalue weighted by molar-refractivity contribution is 5.89. The van der Waals surface area contributed by atoms with Gasteiger partial charge < -0.3 is 9.47 Å². The van der Waals surface area contributed by atoms with Gasteiger partial charge in [-0.2, -0.15) is 15.8 Å². The Labute approximate surface area is 140 Å². The SMILES string of the molecule is Cc1cccc(C2OC3(C)OC(=N)C(C#N)(C3C)C2(C#N)C#N)c1. The van der Waals surface area contributed by atoms with Gasteiger partial charge in [-0.05, 0) is 12.5 Å². The molecule has 6 nitrogen and oxygen atoms in total. The Morgan fingerprint density at radius 3 is 2.38 bits per heavy atom. The van der Waals surface area contributed by atoms with E-state index in [-0.39, 0.29) is 5.90 Å². The van der Waals surface area contributed by atoms with Gasteiger partial charge in [0.25, 0.3) is 0 Å². The second kappa shape index (κ2) is 4.81. The van der Waals surface area contributed by atoms with E-state index in [1.807, 2.05) is 31.2 Å². The Hall–Kier alpha value is -2.88. The molecule has 4 unspecified atom stereocenters. The lowest BCUT2D eigenvalue weighted by molar-refractivity contribution is -0.268. The van der Waals surface area contributed by atoms with Crippen LogP contribution in [0.3, 0.4) is 0 Å². The molecule has 0 spiro atoms. The first kappa shape index (κ1) is 16.0. The van der Waals surface area contributed by atoms with Crippen molar-refractivity contribution in [1.29, 1.82) is 21.2 Å². The molecule has 0 amide bonds. The highest BCUT2D eigenvalue weighted by Crippen LogP contribution is 2.66. The lowest BCUT2D eigenvalue weighted by Crippen LogP contribution is -2.57. The Balaban J connectivity index is 2.34. The standard InChI is InChI=1S/C18H16N4O2/c1-11-5-4-6-13(7-11)14-17(8-19,9-20)18(10-21)12(2)16(3,23-14)24-15(18)22/h4-7,12,14,22H,1-3H3. The van der Waals surface area contributed by atoms with Crippen LogP contribution in [0.1, 0.15) is 31.1 Å². The van der Waals surface area contributed by atoms with Crippen LogP contribution in [0.5, 0.6) is 0 Å². The third-order valence-corrected chi connectivity index (χ3v) is 5.34. The van der Waals surface area contributed by atoms with E-state index in [4.69, 9.17) is 14.9 Å². The molecule has 2 saturated heterocycles. The number of rotatable bonds is 1. The van der Waals surface area contributed by atoms with E-state index in [2.05, 4.69) is 6.07 Å². The van der Waals surface area contributed by atoms with E-state index in [1.54, 1.807) is 26.0 Å². The van der Waals surface area contributed by atoms with Crippen LogP contribution in [0.4, 0.5) is 0 Å². The summed E-state index contributed by atoms with van der Waals surface area (Å²) in [6.07, 6.45) is -0.990. The third-order valence-electron chi connectivity index (χ3n) is 5.34. The first-order valence-corrected chi connectivity index (χ1v) is 7.57. The van der Waals surface area contributed by atoms with E-state index < -0.39 is 28.6 Å². The van der Waals surface area contributed by atoms with Crippen molar-refractivity contribution in [2.75, 3.05) is 0 Å². The van der Waals surface area contributed by atoms with Crippen molar-refractivity contribution in [3.05, 3.63) is 35.4 Å². The molecule has 3 rings (SSSR count). The molecule has 0 radical (unpaired) electrons. The average Bonchev–Trinajstić information content (AvgIpc) is 2.70. The van der Waals surface area contributed by atoms with Gasteiger partial charge in [0.15, 0.2) is 5.41 Å². The van der Waals surface area contributed by atoms with E-state index in [0.717, 1.165) is 5.56 Å². The number of ether oxygens (including phenoxy) is 2. The van der Waals surface area contributed by atoms with Crippen LogP contribution in [0.15, 0.2) is 24.3 Å². The number of hydrogen-bond acceptors (Lipinski definition) is 6. The number of benzene rings is 1. The predicted octanol–water partition coefficient (Wildman–Crippen LogP) is 2.97. The Morgan fingerprint density at radius 1 is 1.17 bits per heavy atom. The first-order chi connectivity index (χ1) is 11.3. The maximum absolute atomic E-state index is 9.92. The zero-order valence-corrected chi connectivity index (χ0v) is 13.6. The molecule has 120 valence electrons. The number of fused-ring (bicyclic) bond motifs is 2. The Kier molecular flexibility index (Phi) is 3.20. The van der Waals surface area contributed by atoms with E-state index >= 15 is 0 Å². The number of hydrogen-bond donors (Lipinski definition) is 1. The van der Waals surface area contributed by atoms with Gasteiger partial charge in [-0.3, -0.25) is 5.41 Å². The molecule has 4 atom stereocenters. The summed E-state index contributed by atoms with van der Waals surface area (Å²) >= 11 is 0. The number of nitrogens with zero attached hydrogens (tertiary/aromatic N) is 3. The minimum Gasteiger partial charge on any atom is -0.448 e. The van der Waals surface area contributed by atoms with Gasteiger partial charge in [0.2, 0.25) is 17.1 Å². The number of nitriles is 3. The minimum atomic E-state index is -1.87. The topological polar surface area (TPSA) is 114 Å². The quantitative estimate of drug-likeness (QED) is 0.854. The summed E-state index contributed by atoms with van der Waals surface area (Å²) in [7, 11) is 0. The summed E-state index contributed by atoms with van der Waals surface area (Å²) in [5.74, 6) is -2.25. The van der Waals surface area contributed by atoms with Crippen molar-refractivity contribution >= 4 is 5.90 Å². The number of aryl methyl sites for hydroxylation is 1. The van der Waals surface area contributed by atoms with Crippen molar-refractivity contribution in [3.8, 4) is 18.2 Å². The monoisotopic (exact) mass is 320 g/mol. The van der Waals surface area contributed by atoms with Crippen LogP contribution in [0.2, 0.25) is 0 Å². The molecular weight excluding hydrogens is 304 g/mol. The van der Waals surface area contributed by atoms with Crippen molar-refractivity contribution < 1.29 is 9.47 Å². The van der Waals surface area contributed by atoms with Gasteiger partial charge in [0, 0.05) is 6.92 Å². The van der Waals surface area contributed by atoms with Gasteiger partial charge >= 0.3 is 0 Å². The minimum absolute atomic E-state index is 0.377. The molecule has 6 heteroatoms. The van der Waals surface area contributed by atoms with Crippen molar-refractivity contribution in [1.82, 2.24) is 0 Å². The van der Waals surface area contributed by atoms with Gasteiger partial charge in [-0.25, -0.2) is 0 Å². The zero-order chi connectivity index (χ0) is 17.8. The number of nitrogens with one attached hydrogen (secondary N) is 1. The molecule has 1 aromatic rings. The van der Waals surface area contributed by atoms with Gasteiger partial charge in [0.1, 0.15) is 6.10 Å². The highest BCUT2D eigenvalue weighted by atomic mass is 16.7. The Bertz CT molecular complexity index is 845. The normalized spacial score (nSPS) is 36.1. The summed E-state index contributed by atoms with van der Waals surface area (Å²) in [6, 6.07) is 13.4. The lowest BCUT2D eigenvalue weighted by atomic mass is 9.54. The van der Waals surface area contributed by atoms with Crippen LogP contribution in [-0.2, 0) is 9.47 Å². The largest absolute Gasteiger partial charge is 0.448 e.